The van der Waals surface area contributed by atoms with Crippen LogP contribution in [-0.2, 0) is 0 Å². The summed E-state index contributed by atoms with van der Waals surface area (Å²) in [4.78, 5) is 0. The Bertz CT molecular complexity index is 158. The summed E-state index contributed by atoms with van der Waals surface area (Å²) in [6.45, 7) is 7.41. The van der Waals surface area contributed by atoms with Crippen LogP contribution in [0, 0.1) is 17.3 Å². The van der Waals surface area contributed by atoms with Gasteiger partial charge in [0.2, 0.25) is 0 Å². The van der Waals surface area contributed by atoms with Gasteiger partial charge in [-0.15, -0.1) is 0 Å². The third-order valence-electron chi connectivity index (χ3n) is 4.19. The van der Waals surface area contributed by atoms with Gasteiger partial charge >= 0.3 is 0 Å². The predicted octanol–water partition coefficient (Wildman–Crippen LogP) is 2.42. The van der Waals surface area contributed by atoms with Crippen LogP contribution in [0.5, 0.6) is 0 Å². The van der Waals surface area contributed by atoms with E-state index in [1.54, 1.807) is 0 Å². The van der Waals surface area contributed by atoms with Crippen molar-refractivity contribution in [2.75, 3.05) is 13.1 Å². The van der Waals surface area contributed by atoms with E-state index in [2.05, 4.69) is 19.2 Å². The van der Waals surface area contributed by atoms with Gasteiger partial charge in [0, 0.05) is 6.54 Å². The lowest BCUT2D eigenvalue weighted by Crippen LogP contribution is -2.33. The minimum Gasteiger partial charge on any atom is -0.316 e. The SMILES string of the molecule is CC1CCC2(CCNC2)CC1C. The molecule has 70 valence electrons. The lowest BCUT2D eigenvalue weighted by molar-refractivity contribution is 0.122. The van der Waals surface area contributed by atoms with Crippen molar-refractivity contribution in [1.82, 2.24) is 5.32 Å². The Morgan fingerprint density at radius 2 is 2.00 bits per heavy atom. The van der Waals surface area contributed by atoms with Crippen molar-refractivity contribution in [1.29, 1.82) is 0 Å². The Balaban J connectivity index is 2.01. The molecule has 3 atom stereocenters. The second-order valence-electron chi connectivity index (χ2n) is 5.12. The van der Waals surface area contributed by atoms with Crippen LogP contribution < -0.4 is 5.32 Å². The third-order valence-corrected chi connectivity index (χ3v) is 4.19. The van der Waals surface area contributed by atoms with Crippen molar-refractivity contribution in [2.45, 2.75) is 39.5 Å². The first-order valence-electron chi connectivity index (χ1n) is 5.43. The van der Waals surface area contributed by atoms with Gasteiger partial charge in [-0.05, 0) is 49.5 Å². The summed E-state index contributed by atoms with van der Waals surface area (Å²) in [5.74, 6) is 1.93. The molecule has 0 bridgehead atoms. The van der Waals surface area contributed by atoms with Crippen molar-refractivity contribution in [3.63, 3.8) is 0 Å². The second kappa shape index (κ2) is 3.02. The van der Waals surface area contributed by atoms with Crippen LogP contribution in [-0.4, -0.2) is 13.1 Å². The molecule has 1 heterocycles. The molecule has 1 spiro atoms. The van der Waals surface area contributed by atoms with Gasteiger partial charge in [-0.3, -0.25) is 0 Å². The topological polar surface area (TPSA) is 12.0 Å². The second-order valence-corrected chi connectivity index (χ2v) is 5.12. The zero-order chi connectivity index (χ0) is 8.60. The van der Waals surface area contributed by atoms with Crippen LogP contribution in [0.15, 0.2) is 0 Å². The zero-order valence-corrected chi connectivity index (χ0v) is 8.40. The van der Waals surface area contributed by atoms with E-state index < -0.39 is 0 Å². The molecule has 1 saturated heterocycles. The first kappa shape index (κ1) is 8.55. The Morgan fingerprint density at radius 3 is 2.58 bits per heavy atom. The molecule has 1 heteroatoms. The van der Waals surface area contributed by atoms with Gasteiger partial charge in [0.05, 0.1) is 0 Å². The molecule has 2 rings (SSSR count). The fourth-order valence-corrected chi connectivity index (χ4v) is 2.99. The monoisotopic (exact) mass is 167 g/mol. The van der Waals surface area contributed by atoms with Gasteiger partial charge in [0.25, 0.3) is 0 Å². The maximum Gasteiger partial charge on any atom is 0.000839 e. The average molecular weight is 167 g/mol. The molecular formula is C11H21N. The molecule has 1 aliphatic carbocycles. The zero-order valence-electron chi connectivity index (χ0n) is 8.40. The maximum absolute atomic E-state index is 3.52. The molecule has 2 fully saturated rings. The first-order valence-corrected chi connectivity index (χ1v) is 5.43. The summed E-state index contributed by atoms with van der Waals surface area (Å²) in [5, 5.41) is 3.52. The van der Waals surface area contributed by atoms with E-state index in [1.807, 2.05) is 0 Å². The summed E-state index contributed by atoms with van der Waals surface area (Å²) in [5.41, 5.74) is 0.714. The van der Waals surface area contributed by atoms with Gasteiger partial charge in [-0.2, -0.15) is 0 Å². The first-order chi connectivity index (χ1) is 5.72. The number of rotatable bonds is 0. The highest BCUT2D eigenvalue weighted by atomic mass is 14.9. The molecule has 0 amide bonds. The molecule has 3 unspecified atom stereocenters. The van der Waals surface area contributed by atoms with Crippen LogP contribution in [0.4, 0.5) is 0 Å². The quantitative estimate of drug-likeness (QED) is 0.584. The molecule has 12 heavy (non-hydrogen) atoms. The van der Waals surface area contributed by atoms with E-state index in [4.69, 9.17) is 0 Å². The van der Waals surface area contributed by atoms with Crippen molar-refractivity contribution < 1.29 is 0 Å². The van der Waals surface area contributed by atoms with E-state index in [-0.39, 0.29) is 0 Å². The highest BCUT2D eigenvalue weighted by Gasteiger charge is 2.39. The minimum atomic E-state index is 0.714. The molecule has 1 nitrogen and oxygen atoms in total. The van der Waals surface area contributed by atoms with Gasteiger partial charge in [0.1, 0.15) is 0 Å². The van der Waals surface area contributed by atoms with Gasteiger partial charge in [0.15, 0.2) is 0 Å². The normalized spacial score (nSPS) is 48.5. The fraction of sp³-hybridized carbons (Fsp3) is 1.00. The predicted molar refractivity (Wildman–Crippen MR) is 52.1 cm³/mol. The fourth-order valence-electron chi connectivity index (χ4n) is 2.99. The van der Waals surface area contributed by atoms with Crippen molar-refractivity contribution in [3.8, 4) is 0 Å². The van der Waals surface area contributed by atoms with Crippen LogP contribution in [0.3, 0.4) is 0 Å². The van der Waals surface area contributed by atoms with Gasteiger partial charge in [-0.1, -0.05) is 13.8 Å². The van der Waals surface area contributed by atoms with Crippen LogP contribution >= 0.6 is 0 Å². The Labute approximate surface area is 75.9 Å². The molecule has 0 aromatic carbocycles. The molecule has 0 aromatic heterocycles. The third kappa shape index (κ3) is 1.39. The molecule has 2 aliphatic rings. The van der Waals surface area contributed by atoms with Crippen molar-refractivity contribution >= 4 is 0 Å². The largest absolute Gasteiger partial charge is 0.316 e. The average Bonchev–Trinajstić information content (AvgIpc) is 2.47. The highest BCUT2D eigenvalue weighted by Crippen LogP contribution is 2.45. The highest BCUT2D eigenvalue weighted by molar-refractivity contribution is 4.93. The number of hydrogen-bond donors (Lipinski definition) is 1. The van der Waals surface area contributed by atoms with E-state index in [1.165, 1.54) is 38.8 Å². The summed E-state index contributed by atoms with van der Waals surface area (Å²) < 4.78 is 0. The lowest BCUT2D eigenvalue weighted by atomic mass is 9.66. The number of hydrogen-bond acceptors (Lipinski definition) is 1. The number of nitrogens with one attached hydrogen (secondary N) is 1. The lowest BCUT2D eigenvalue weighted by Gasteiger charge is -2.39. The maximum atomic E-state index is 3.52. The molecule has 0 radical (unpaired) electrons. The van der Waals surface area contributed by atoms with Crippen molar-refractivity contribution in [2.24, 2.45) is 17.3 Å². The Morgan fingerprint density at radius 1 is 1.17 bits per heavy atom. The molecular weight excluding hydrogens is 146 g/mol. The smallest absolute Gasteiger partial charge is 0.000839 e. The van der Waals surface area contributed by atoms with Gasteiger partial charge < -0.3 is 5.32 Å². The van der Waals surface area contributed by atoms with Crippen molar-refractivity contribution in [3.05, 3.63) is 0 Å². The Hall–Kier alpha value is -0.0400. The molecule has 0 aromatic rings. The van der Waals surface area contributed by atoms with E-state index >= 15 is 0 Å². The summed E-state index contributed by atoms with van der Waals surface area (Å²) in [6, 6.07) is 0. The summed E-state index contributed by atoms with van der Waals surface area (Å²) in [7, 11) is 0. The molecule has 1 aliphatic heterocycles. The minimum absolute atomic E-state index is 0.714. The van der Waals surface area contributed by atoms with Crippen LogP contribution in [0.25, 0.3) is 0 Å². The van der Waals surface area contributed by atoms with Gasteiger partial charge in [-0.25, -0.2) is 0 Å². The Kier molecular flexibility index (Phi) is 2.16. The van der Waals surface area contributed by atoms with E-state index in [0.29, 0.717) is 5.41 Å². The van der Waals surface area contributed by atoms with Crippen LogP contribution in [0.2, 0.25) is 0 Å². The van der Waals surface area contributed by atoms with Crippen LogP contribution in [0.1, 0.15) is 39.5 Å². The van der Waals surface area contributed by atoms with E-state index in [9.17, 15) is 0 Å². The summed E-state index contributed by atoms with van der Waals surface area (Å²) in [6.07, 6.45) is 5.85. The molecule has 1 saturated carbocycles. The summed E-state index contributed by atoms with van der Waals surface area (Å²) >= 11 is 0. The standard InChI is InChI=1S/C11H21N/c1-9-3-4-11(7-10(9)2)5-6-12-8-11/h9-10,12H,3-8H2,1-2H3. The molecule has 1 N–H and O–H groups in total. The van der Waals surface area contributed by atoms with E-state index in [0.717, 1.165) is 11.8 Å².